The zero-order chi connectivity index (χ0) is 13.0. The Balaban J connectivity index is 1.93. The lowest BCUT2D eigenvalue weighted by Gasteiger charge is -2.24. The maximum Gasteiger partial charge on any atom is 0.0602 e. The lowest BCUT2D eigenvalue weighted by atomic mass is 10.1. The van der Waals surface area contributed by atoms with Gasteiger partial charge in [0, 0.05) is 42.5 Å². The van der Waals surface area contributed by atoms with Gasteiger partial charge in [-0.2, -0.15) is 0 Å². The highest BCUT2D eigenvalue weighted by Crippen LogP contribution is 2.18. The molecule has 0 spiro atoms. The highest BCUT2D eigenvalue weighted by atomic mass is 32.1. The summed E-state index contributed by atoms with van der Waals surface area (Å²) in [5.74, 6) is 0. The maximum absolute atomic E-state index is 4.33. The first-order chi connectivity index (χ1) is 8.66. The Bertz CT molecular complexity index is 481. The van der Waals surface area contributed by atoms with Crippen molar-refractivity contribution in [2.24, 2.45) is 0 Å². The molecule has 0 fully saturated rings. The normalized spacial score (nSPS) is 12.9. The van der Waals surface area contributed by atoms with Crippen LogP contribution in [-0.4, -0.2) is 28.0 Å². The van der Waals surface area contributed by atoms with Gasteiger partial charge in [-0.05, 0) is 37.9 Å². The summed E-state index contributed by atoms with van der Waals surface area (Å²) < 4.78 is 0. The standard InChI is InChI=1S/C14H19N3S/c1-11-4-7-18-14(11)10-17(3)12(2)8-13-9-15-5-6-16-13/h4-7,9,12H,8,10H2,1-3H3. The summed E-state index contributed by atoms with van der Waals surface area (Å²) in [6.45, 7) is 5.41. The van der Waals surface area contributed by atoms with Crippen LogP contribution in [0.1, 0.15) is 23.1 Å². The quantitative estimate of drug-likeness (QED) is 0.828. The molecule has 0 amide bonds. The highest BCUT2D eigenvalue weighted by Gasteiger charge is 2.12. The number of rotatable bonds is 5. The molecule has 2 heterocycles. The fourth-order valence-electron chi connectivity index (χ4n) is 1.84. The molecule has 1 atom stereocenters. The summed E-state index contributed by atoms with van der Waals surface area (Å²) in [4.78, 5) is 12.3. The minimum atomic E-state index is 0.461. The molecule has 2 rings (SSSR count). The molecular formula is C14H19N3S. The first-order valence-electron chi connectivity index (χ1n) is 6.15. The van der Waals surface area contributed by atoms with Crippen molar-refractivity contribution >= 4 is 11.3 Å². The second-order valence-electron chi connectivity index (χ2n) is 4.69. The van der Waals surface area contributed by atoms with Crippen molar-refractivity contribution in [2.45, 2.75) is 32.9 Å². The van der Waals surface area contributed by atoms with Crippen LogP contribution in [0.2, 0.25) is 0 Å². The van der Waals surface area contributed by atoms with Gasteiger partial charge < -0.3 is 0 Å². The van der Waals surface area contributed by atoms with E-state index in [2.05, 4.69) is 47.2 Å². The average Bonchev–Trinajstić information content (AvgIpc) is 2.76. The molecule has 2 aromatic rings. The van der Waals surface area contributed by atoms with Crippen molar-refractivity contribution in [1.29, 1.82) is 0 Å². The van der Waals surface area contributed by atoms with E-state index in [9.17, 15) is 0 Å². The molecule has 0 aromatic carbocycles. The van der Waals surface area contributed by atoms with Crippen molar-refractivity contribution < 1.29 is 0 Å². The smallest absolute Gasteiger partial charge is 0.0602 e. The summed E-state index contributed by atoms with van der Waals surface area (Å²) in [7, 11) is 2.17. The van der Waals surface area contributed by atoms with E-state index in [0.717, 1.165) is 18.7 Å². The van der Waals surface area contributed by atoms with Gasteiger partial charge in [-0.3, -0.25) is 14.9 Å². The maximum atomic E-state index is 4.33. The molecule has 0 radical (unpaired) electrons. The molecule has 4 heteroatoms. The molecule has 0 aliphatic carbocycles. The molecular weight excluding hydrogens is 242 g/mol. The van der Waals surface area contributed by atoms with Crippen LogP contribution in [0.5, 0.6) is 0 Å². The minimum Gasteiger partial charge on any atom is -0.298 e. The molecule has 0 saturated carbocycles. The first-order valence-corrected chi connectivity index (χ1v) is 7.03. The van der Waals surface area contributed by atoms with Crippen LogP contribution in [0.4, 0.5) is 0 Å². The molecule has 0 saturated heterocycles. The number of aromatic nitrogens is 2. The van der Waals surface area contributed by atoms with Gasteiger partial charge in [0.1, 0.15) is 0 Å². The third kappa shape index (κ3) is 3.37. The van der Waals surface area contributed by atoms with Crippen LogP contribution in [0.15, 0.2) is 30.0 Å². The van der Waals surface area contributed by atoms with E-state index >= 15 is 0 Å². The van der Waals surface area contributed by atoms with Gasteiger partial charge in [0.25, 0.3) is 0 Å². The lowest BCUT2D eigenvalue weighted by molar-refractivity contribution is 0.248. The largest absolute Gasteiger partial charge is 0.298 e. The molecule has 0 aliphatic heterocycles. The van der Waals surface area contributed by atoms with Gasteiger partial charge in [-0.15, -0.1) is 11.3 Å². The average molecular weight is 261 g/mol. The van der Waals surface area contributed by atoms with Crippen molar-refractivity contribution in [3.8, 4) is 0 Å². The van der Waals surface area contributed by atoms with Gasteiger partial charge in [0.05, 0.1) is 5.69 Å². The predicted octanol–water partition coefficient (Wildman–Crippen LogP) is 2.91. The van der Waals surface area contributed by atoms with E-state index in [0.29, 0.717) is 6.04 Å². The Morgan fingerprint density at radius 1 is 1.39 bits per heavy atom. The molecule has 2 aromatic heterocycles. The minimum absolute atomic E-state index is 0.461. The Hall–Kier alpha value is -1.26. The second-order valence-corrected chi connectivity index (χ2v) is 5.69. The number of hydrogen-bond donors (Lipinski definition) is 0. The summed E-state index contributed by atoms with van der Waals surface area (Å²) in [5.41, 5.74) is 2.44. The third-order valence-electron chi connectivity index (χ3n) is 3.23. The molecule has 18 heavy (non-hydrogen) atoms. The molecule has 0 aliphatic rings. The number of aryl methyl sites for hydroxylation is 1. The summed E-state index contributed by atoms with van der Waals surface area (Å²) in [5, 5.41) is 2.16. The van der Waals surface area contributed by atoms with Gasteiger partial charge >= 0.3 is 0 Å². The van der Waals surface area contributed by atoms with Crippen LogP contribution in [0, 0.1) is 6.92 Å². The van der Waals surface area contributed by atoms with Gasteiger partial charge in [0.2, 0.25) is 0 Å². The number of likely N-dealkylation sites (N-methyl/N-ethyl adjacent to an activating group) is 1. The van der Waals surface area contributed by atoms with E-state index in [4.69, 9.17) is 0 Å². The van der Waals surface area contributed by atoms with Crippen LogP contribution in [-0.2, 0) is 13.0 Å². The SMILES string of the molecule is Cc1ccsc1CN(C)C(C)Cc1cnccn1. The highest BCUT2D eigenvalue weighted by molar-refractivity contribution is 7.10. The molecule has 96 valence electrons. The lowest BCUT2D eigenvalue weighted by Crippen LogP contribution is -2.30. The second kappa shape index (κ2) is 6.07. The van der Waals surface area contributed by atoms with Crippen molar-refractivity contribution in [3.05, 3.63) is 46.2 Å². The van der Waals surface area contributed by atoms with Crippen molar-refractivity contribution in [2.75, 3.05) is 7.05 Å². The topological polar surface area (TPSA) is 29.0 Å². The Morgan fingerprint density at radius 3 is 2.83 bits per heavy atom. The van der Waals surface area contributed by atoms with Gasteiger partial charge in [-0.25, -0.2) is 0 Å². The Kier molecular flexibility index (Phi) is 4.44. The molecule has 1 unspecified atom stereocenters. The van der Waals surface area contributed by atoms with Crippen LogP contribution in [0.3, 0.4) is 0 Å². The van der Waals surface area contributed by atoms with Gasteiger partial charge in [-0.1, -0.05) is 0 Å². The predicted molar refractivity (Wildman–Crippen MR) is 75.7 cm³/mol. The number of thiophene rings is 1. The van der Waals surface area contributed by atoms with Gasteiger partial charge in [0.15, 0.2) is 0 Å². The monoisotopic (exact) mass is 261 g/mol. The zero-order valence-electron chi connectivity index (χ0n) is 11.1. The van der Waals surface area contributed by atoms with E-state index in [1.165, 1.54) is 10.4 Å². The zero-order valence-corrected chi connectivity index (χ0v) is 11.9. The van der Waals surface area contributed by atoms with E-state index in [-0.39, 0.29) is 0 Å². The van der Waals surface area contributed by atoms with Crippen LogP contribution in [0.25, 0.3) is 0 Å². The van der Waals surface area contributed by atoms with Crippen molar-refractivity contribution in [3.63, 3.8) is 0 Å². The fraction of sp³-hybridized carbons (Fsp3) is 0.429. The number of hydrogen-bond acceptors (Lipinski definition) is 4. The summed E-state index contributed by atoms with van der Waals surface area (Å²) in [6, 6.07) is 2.64. The van der Waals surface area contributed by atoms with E-state index in [1.807, 2.05) is 17.5 Å². The first kappa shape index (κ1) is 13.2. The third-order valence-corrected chi connectivity index (χ3v) is 4.24. The molecule has 3 nitrogen and oxygen atoms in total. The Morgan fingerprint density at radius 2 is 2.22 bits per heavy atom. The summed E-state index contributed by atoms with van der Waals surface area (Å²) in [6.07, 6.45) is 6.26. The molecule has 0 bridgehead atoms. The van der Waals surface area contributed by atoms with E-state index in [1.54, 1.807) is 12.4 Å². The van der Waals surface area contributed by atoms with Crippen molar-refractivity contribution in [1.82, 2.24) is 14.9 Å². The van der Waals surface area contributed by atoms with E-state index < -0.39 is 0 Å². The summed E-state index contributed by atoms with van der Waals surface area (Å²) >= 11 is 1.83. The van der Waals surface area contributed by atoms with Crippen LogP contribution < -0.4 is 0 Å². The Labute approximate surface area is 113 Å². The fourth-order valence-corrected chi connectivity index (χ4v) is 2.81. The van der Waals surface area contributed by atoms with Crippen LogP contribution >= 0.6 is 11.3 Å². The number of nitrogens with zero attached hydrogens (tertiary/aromatic N) is 3. The molecule has 0 N–H and O–H groups in total.